The van der Waals surface area contributed by atoms with Crippen LogP contribution in [0.5, 0.6) is 0 Å². The number of ether oxygens (including phenoxy) is 6. The van der Waals surface area contributed by atoms with Crippen LogP contribution >= 0.6 is 0 Å². The molecule has 0 aromatic rings. The quantitative estimate of drug-likeness (QED) is 0.0846. The Hall–Kier alpha value is -2.85. The third-order valence-electron chi connectivity index (χ3n) is 5.87. The van der Waals surface area contributed by atoms with E-state index in [2.05, 4.69) is 0 Å². The number of rotatable bonds is 24. The number of carbonyl (C=O) groups excluding carboxylic acids is 3. The number of esters is 3. The fraction of sp³-hybridized carbons (Fsp3) is 0.848. The second kappa shape index (κ2) is 32.7. The van der Waals surface area contributed by atoms with Gasteiger partial charge in [-0.2, -0.15) is 0 Å². The fourth-order valence-corrected chi connectivity index (χ4v) is 3.43. The summed E-state index contributed by atoms with van der Waals surface area (Å²) in [6, 6.07) is 0. The van der Waals surface area contributed by atoms with Gasteiger partial charge in [-0.25, -0.2) is 9.59 Å². The number of carboxylic acids is 2. The van der Waals surface area contributed by atoms with Crippen molar-refractivity contribution in [3.05, 3.63) is 0 Å². The van der Waals surface area contributed by atoms with Crippen molar-refractivity contribution in [2.75, 3.05) is 87.0 Å². The van der Waals surface area contributed by atoms with Gasteiger partial charge in [-0.1, -0.05) is 27.7 Å². The van der Waals surface area contributed by atoms with E-state index in [4.69, 9.17) is 38.6 Å². The molecule has 0 aliphatic heterocycles. The first-order valence-corrected chi connectivity index (χ1v) is 16.5. The van der Waals surface area contributed by atoms with Crippen LogP contribution in [0.15, 0.2) is 0 Å². The average Bonchev–Trinajstić information content (AvgIpc) is 3.01. The van der Waals surface area contributed by atoms with Crippen LogP contribution in [0.2, 0.25) is 0 Å². The molecule has 0 saturated carbocycles. The highest BCUT2D eigenvalue weighted by atomic mass is 16.6. The Morgan fingerprint density at radius 3 is 1.04 bits per heavy atom. The van der Waals surface area contributed by atoms with Crippen molar-refractivity contribution in [1.82, 2.24) is 9.80 Å². The van der Waals surface area contributed by atoms with Crippen LogP contribution in [0.4, 0.5) is 0 Å². The molecule has 0 unspecified atom stereocenters. The molecule has 0 aromatic heterocycles. The molecule has 0 fully saturated rings. The van der Waals surface area contributed by atoms with Crippen molar-refractivity contribution >= 4 is 29.8 Å². The zero-order valence-corrected chi connectivity index (χ0v) is 31.7. The Kier molecular flexibility index (Phi) is 35.4. The van der Waals surface area contributed by atoms with E-state index in [1.807, 2.05) is 37.5 Å². The van der Waals surface area contributed by atoms with Gasteiger partial charge >= 0.3 is 29.8 Å². The maximum absolute atomic E-state index is 11.9. The Balaban J connectivity index is -0.000000366. The van der Waals surface area contributed by atoms with Crippen molar-refractivity contribution in [3.8, 4) is 0 Å². The number of aliphatic carboxylic acids is 2. The molecule has 2 N–H and O–H groups in total. The van der Waals surface area contributed by atoms with E-state index in [0.29, 0.717) is 52.4 Å². The maximum atomic E-state index is 11.9. The van der Waals surface area contributed by atoms with Crippen molar-refractivity contribution in [3.63, 3.8) is 0 Å². The maximum Gasteiger partial charge on any atom is 0.347 e. The summed E-state index contributed by atoms with van der Waals surface area (Å²) in [5.41, 5.74) is -3.07. The van der Waals surface area contributed by atoms with Gasteiger partial charge in [0.15, 0.2) is 0 Å². The van der Waals surface area contributed by atoms with E-state index in [0.717, 1.165) is 19.3 Å². The summed E-state index contributed by atoms with van der Waals surface area (Å²) >= 11 is 0. The zero-order valence-electron chi connectivity index (χ0n) is 31.7. The van der Waals surface area contributed by atoms with Gasteiger partial charge in [-0.05, 0) is 53.4 Å². The topological polar surface area (TPSA) is 188 Å². The highest BCUT2D eigenvalue weighted by molar-refractivity contribution is 5.82. The minimum atomic E-state index is -1.56. The molecule has 0 atom stereocenters. The summed E-state index contributed by atoms with van der Waals surface area (Å²) in [5.74, 6) is -3.87. The molecule has 0 radical (unpaired) electrons. The molecule has 0 aliphatic rings. The van der Waals surface area contributed by atoms with Gasteiger partial charge in [0, 0.05) is 74.3 Å². The second-order valence-electron chi connectivity index (χ2n) is 10.9. The standard InChI is InChI=1S/C15H27NO7.C14H27NO6.2C2H6/c1-12(17)22-10-6-8-16(7-5-9-21-4)11-13(18)23-15(2,3)14(19)20;1-14(2,13(17)18)21-12(16)11-15(7-5-9-19-3)8-6-10-20-4;2*1-2/h5-11H2,1-4H3,(H,19,20);5-11H2,1-4H3,(H,17,18);2*1-2H3. The summed E-state index contributed by atoms with van der Waals surface area (Å²) < 4.78 is 29.8. The normalized spacial score (nSPS) is 10.8. The monoisotopic (exact) mass is 698 g/mol. The highest BCUT2D eigenvalue weighted by Gasteiger charge is 2.33. The largest absolute Gasteiger partial charge is 0.478 e. The molecule has 0 saturated heterocycles. The fourth-order valence-electron chi connectivity index (χ4n) is 3.43. The van der Waals surface area contributed by atoms with E-state index in [1.165, 1.54) is 34.6 Å². The van der Waals surface area contributed by atoms with Crippen molar-refractivity contribution < 1.29 is 62.6 Å². The third kappa shape index (κ3) is 31.7. The van der Waals surface area contributed by atoms with Gasteiger partial charge in [-0.15, -0.1) is 0 Å². The van der Waals surface area contributed by atoms with E-state index < -0.39 is 35.1 Å². The molecular weight excluding hydrogens is 632 g/mol. The van der Waals surface area contributed by atoms with Crippen molar-refractivity contribution in [2.24, 2.45) is 0 Å². The van der Waals surface area contributed by atoms with Crippen molar-refractivity contribution in [2.45, 2.75) is 99.2 Å². The molecule has 0 rings (SSSR count). The van der Waals surface area contributed by atoms with E-state index in [1.54, 1.807) is 21.3 Å². The molecular formula is C33H66N2O13. The number of hydrogen-bond donors (Lipinski definition) is 2. The Bertz CT molecular complexity index is 841. The summed E-state index contributed by atoms with van der Waals surface area (Å²) in [6.07, 6.45) is 2.88. The van der Waals surface area contributed by atoms with Gasteiger partial charge < -0.3 is 38.6 Å². The van der Waals surface area contributed by atoms with E-state index >= 15 is 0 Å². The Morgan fingerprint density at radius 2 is 0.812 bits per heavy atom. The van der Waals surface area contributed by atoms with Crippen LogP contribution in [0.3, 0.4) is 0 Å². The van der Waals surface area contributed by atoms with Gasteiger partial charge in [-0.3, -0.25) is 24.2 Å². The number of carboxylic acid groups (broad SMARTS) is 2. The van der Waals surface area contributed by atoms with Gasteiger partial charge in [0.25, 0.3) is 0 Å². The summed E-state index contributed by atoms with van der Waals surface area (Å²) in [7, 11) is 4.84. The molecule has 0 heterocycles. The lowest BCUT2D eigenvalue weighted by atomic mass is 10.1. The average molecular weight is 699 g/mol. The van der Waals surface area contributed by atoms with E-state index in [-0.39, 0.29) is 25.7 Å². The number of methoxy groups -OCH3 is 3. The predicted molar refractivity (Wildman–Crippen MR) is 182 cm³/mol. The molecule has 48 heavy (non-hydrogen) atoms. The summed E-state index contributed by atoms with van der Waals surface area (Å²) in [4.78, 5) is 60.1. The third-order valence-corrected chi connectivity index (χ3v) is 5.87. The number of carbonyl (C=O) groups is 5. The van der Waals surface area contributed by atoms with Crippen LogP contribution in [0, 0.1) is 0 Å². The zero-order chi connectivity index (χ0) is 38.2. The molecule has 15 nitrogen and oxygen atoms in total. The minimum absolute atomic E-state index is 0.0273. The van der Waals surface area contributed by atoms with Gasteiger partial charge in [0.1, 0.15) is 0 Å². The molecule has 0 spiro atoms. The minimum Gasteiger partial charge on any atom is -0.478 e. The first kappa shape index (κ1) is 52.0. The molecule has 15 heteroatoms. The number of hydrogen-bond acceptors (Lipinski definition) is 13. The molecule has 286 valence electrons. The molecule has 0 aromatic carbocycles. The van der Waals surface area contributed by atoms with Crippen LogP contribution < -0.4 is 0 Å². The molecule has 0 aliphatic carbocycles. The Labute approximate surface area is 288 Å². The van der Waals surface area contributed by atoms with E-state index in [9.17, 15) is 24.0 Å². The summed E-state index contributed by atoms with van der Waals surface area (Å²) in [6.45, 7) is 19.2. The lowest BCUT2D eigenvalue weighted by Crippen LogP contribution is -2.41. The predicted octanol–water partition coefficient (Wildman–Crippen LogP) is 3.50. The van der Waals surface area contributed by atoms with Gasteiger partial charge in [0.2, 0.25) is 11.2 Å². The lowest BCUT2D eigenvalue weighted by molar-refractivity contribution is -0.175. The van der Waals surface area contributed by atoms with Crippen LogP contribution in [0.1, 0.15) is 88.0 Å². The lowest BCUT2D eigenvalue weighted by Gasteiger charge is -2.24. The van der Waals surface area contributed by atoms with Crippen molar-refractivity contribution in [1.29, 1.82) is 0 Å². The van der Waals surface area contributed by atoms with Gasteiger partial charge in [0.05, 0.1) is 19.7 Å². The van der Waals surface area contributed by atoms with Crippen LogP contribution in [-0.4, -0.2) is 148 Å². The first-order valence-electron chi connectivity index (χ1n) is 16.5. The molecule has 0 amide bonds. The van der Waals surface area contributed by atoms with Crippen LogP contribution in [0.25, 0.3) is 0 Å². The second-order valence-corrected chi connectivity index (χ2v) is 10.9. The summed E-state index contributed by atoms with van der Waals surface area (Å²) in [5, 5.41) is 17.9. The Morgan fingerprint density at radius 1 is 0.542 bits per heavy atom. The SMILES string of the molecule is CC.CC.COCCCN(CCCOC(C)=O)CC(=O)OC(C)(C)C(=O)O.COCCCN(CCCOC)CC(=O)OC(C)(C)C(=O)O. The first-order chi connectivity index (χ1) is 22.5. The number of nitrogens with zero attached hydrogens (tertiary/aromatic N) is 2. The smallest absolute Gasteiger partial charge is 0.347 e. The van der Waals surface area contributed by atoms with Crippen LogP contribution in [-0.2, 0) is 52.4 Å². The molecule has 0 bridgehead atoms. The highest BCUT2D eigenvalue weighted by Crippen LogP contribution is 2.11.